The van der Waals surface area contributed by atoms with Crippen molar-refractivity contribution in [3.05, 3.63) is 64.2 Å². The van der Waals surface area contributed by atoms with E-state index in [4.69, 9.17) is 9.47 Å². The highest BCUT2D eigenvalue weighted by Gasteiger charge is 2.11. The van der Waals surface area contributed by atoms with Crippen LogP contribution in [0.5, 0.6) is 11.5 Å². The first-order valence-electron chi connectivity index (χ1n) is 7.40. The van der Waals surface area contributed by atoms with Gasteiger partial charge in [0.1, 0.15) is 5.82 Å². The van der Waals surface area contributed by atoms with Crippen LogP contribution in [0.1, 0.15) is 11.4 Å². The summed E-state index contributed by atoms with van der Waals surface area (Å²) in [7, 11) is 3.10. The molecule has 0 unspecified atom stereocenters. The van der Waals surface area contributed by atoms with Crippen molar-refractivity contribution in [1.29, 1.82) is 0 Å². The molecule has 0 amide bonds. The summed E-state index contributed by atoms with van der Waals surface area (Å²) in [6, 6.07) is 13.5. The van der Waals surface area contributed by atoms with E-state index in [-0.39, 0.29) is 5.56 Å². The first kappa shape index (κ1) is 15.1. The summed E-state index contributed by atoms with van der Waals surface area (Å²) in [6.45, 7) is 0. The second-order valence-corrected chi connectivity index (χ2v) is 5.22. The van der Waals surface area contributed by atoms with Crippen LogP contribution in [-0.4, -0.2) is 24.2 Å². The summed E-state index contributed by atoms with van der Waals surface area (Å²) in [5.74, 6) is 1.75. The van der Waals surface area contributed by atoms with E-state index in [1.54, 1.807) is 26.4 Å². The number of aromatic amines is 1. The molecule has 0 bridgehead atoms. The van der Waals surface area contributed by atoms with Gasteiger partial charge in [0.25, 0.3) is 5.56 Å². The number of fused-ring (bicyclic) bond motifs is 1. The van der Waals surface area contributed by atoms with Gasteiger partial charge < -0.3 is 14.5 Å². The minimum Gasteiger partial charge on any atom is -0.493 e. The van der Waals surface area contributed by atoms with Gasteiger partial charge in [-0.25, -0.2) is 4.98 Å². The summed E-state index contributed by atoms with van der Waals surface area (Å²) in [6.07, 6.45) is 1.49. The lowest BCUT2D eigenvalue weighted by Gasteiger charge is -2.09. The molecule has 1 aromatic heterocycles. The van der Waals surface area contributed by atoms with Crippen LogP contribution in [-0.2, 0) is 12.8 Å². The zero-order chi connectivity index (χ0) is 16.2. The van der Waals surface area contributed by atoms with Gasteiger partial charge in [-0.15, -0.1) is 0 Å². The zero-order valence-corrected chi connectivity index (χ0v) is 13.1. The van der Waals surface area contributed by atoms with Crippen molar-refractivity contribution >= 4 is 10.9 Å². The van der Waals surface area contributed by atoms with Crippen LogP contribution in [0.4, 0.5) is 0 Å². The summed E-state index contributed by atoms with van der Waals surface area (Å²) in [5, 5.41) is 0.492. The lowest BCUT2D eigenvalue weighted by Crippen LogP contribution is -2.13. The number of aromatic nitrogens is 2. The fraction of sp³-hybridized carbons (Fsp3) is 0.222. The minimum atomic E-state index is -0.168. The largest absolute Gasteiger partial charge is 0.493 e. The lowest BCUT2D eigenvalue weighted by atomic mass is 10.1. The fourth-order valence-electron chi connectivity index (χ4n) is 2.54. The Morgan fingerprint density at radius 1 is 1.00 bits per heavy atom. The molecule has 1 heterocycles. The molecule has 0 radical (unpaired) electrons. The van der Waals surface area contributed by atoms with E-state index in [9.17, 15) is 4.79 Å². The maximum atomic E-state index is 12.3. The fourth-order valence-corrected chi connectivity index (χ4v) is 2.54. The van der Waals surface area contributed by atoms with Crippen molar-refractivity contribution in [2.75, 3.05) is 14.2 Å². The van der Waals surface area contributed by atoms with Gasteiger partial charge in [-0.2, -0.15) is 0 Å². The Bertz CT molecular complexity index is 873. The van der Waals surface area contributed by atoms with Crippen LogP contribution in [0.15, 0.2) is 47.3 Å². The Hall–Kier alpha value is -2.82. The van der Waals surface area contributed by atoms with Crippen molar-refractivity contribution in [2.45, 2.75) is 12.8 Å². The van der Waals surface area contributed by atoms with E-state index in [0.717, 1.165) is 6.42 Å². The number of ether oxygens (including phenoxy) is 2. The molecular formula is C18H18N2O3. The van der Waals surface area contributed by atoms with Gasteiger partial charge in [0.2, 0.25) is 0 Å². The minimum absolute atomic E-state index is 0.168. The number of aryl methyl sites for hydroxylation is 2. The number of rotatable bonds is 5. The molecule has 0 fully saturated rings. The quantitative estimate of drug-likeness (QED) is 0.787. The van der Waals surface area contributed by atoms with Crippen LogP contribution in [0.25, 0.3) is 10.9 Å². The molecule has 3 aromatic rings. The molecule has 23 heavy (non-hydrogen) atoms. The van der Waals surface area contributed by atoms with Crippen molar-refractivity contribution in [2.24, 2.45) is 0 Å². The number of hydrogen-bond donors (Lipinski definition) is 1. The first-order chi connectivity index (χ1) is 11.2. The number of nitrogens with one attached hydrogen (secondary N) is 1. The Morgan fingerprint density at radius 2 is 1.70 bits per heavy atom. The first-order valence-corrected chi connectivity index (χ1v) is 7.40. The standard InChI is InChI=1S/C18H18N2O3/c1-22-15-10-13-14(11-16(15)23-2)19-17(20-18(13)21)9-8-12-6-4-3-5-7-12/h3-7,10-11H,8-9H2,1-2H3,(H,19,20,21). The van der Waals surface area contributed by atoms with Crippen LogP contribution in [0.2, 0.25) is 0 Å². The zero-order valence-electron chi connectivity index (χ0n) is 13.1. The van der Waals surface area contributed by atoms with Crippen molar-refractivity contribution in [3.63, 3.8) is 0 Å². The van der Waals surface area contributed by atoms with Crippen LogP contribution in [0.3, 0.4) is 0 Å². The van der Waals surface area contributed by atoms with Crippen LogP contribution in [0, 0.1) is 0 Å². The highest BCUT2D eigenvalue weighted by molar-refractivity contribution is 5.81. The second kappa shape index (κ2) is 6.52. The number of methoxy groups -OCH3 is 2. The molecule has 5 nitrogen and oxygen atoms in total. The maximum absolute atomic E-state index is 12.3. The van der Waals surface area contributed by atoms with Crippen molar-refractivity contribution < 1.29 is 9.47 Å². The molecule has 0 saturated heterocycles. The molecule has 0 spiro atoms. The SMILES string of the molecule is COc1cc2nc(CCc3ccccc3)[nH]c(=O)c2cc1OC. The molecule has 5 heteroatoms. The normalized spacial score (nSPS) is 10.7. The molecule has 1 N–H and O–H groups in total. The summed E-state index contributed by atoms with van der Waals surface area (Å²) >= 11 is 0. The summed E-state index contributed by atoms with van der Waals surface area (Å²) < 4.78 is 10.5. The highest BCUT2D eigenvalue weighted by atomic mass is 16.5. The lowest BCUT2D eigenvalue weighted by molar-refractivity contribution is 0.355. The van der Waals surface area contributed by atoms with Crippen molar-refractivity contribution in [1.82, 2.24) is 9.97 Å². The van der Waals surface area contributed by atoms with E-state index in [0.29, 0.717) is 34.6 Å². The van der Waals surface area contributed by atoms with Crippen LogP contribution >= 0.6 is 0 Å². The van der Waals surface area contributed by atoms with E-state index < -0.39 is 0 Å². The Morgan fingerprint density at radius 3 is 2.39 bits per heavy atom. The molecule has 0 saturated carbocycles. The number of H-pyrrole nitrogens is 1. The summed E-state index contributed by atoms with van der Waals surface area (Å²) in [5.41, 5.74) is 1.65. The van der Waals surface area contributed by atoms with Gasteiger partial charge in [0, 0.05) is 12.5 Å². The van der Waals surface area contributed by atoms with Gasteiger partial charge in [-0.3, -0.25) is 4.79 Å². The molecule has 3 rings (SSSR count). The third-order valence-electron chi connectivity index (χ3n) is 3.75. The third kappa shape index (κ3) is 3.18. The van der Waals surface area contributed by atoms with E-state index in [1.165, 1.54) is 5.56 Å². The summed E-state index contributed by atoms with van der Waals surface area (Å²) in [4.78, 5) is 19.7. The number of benzene rings is 2. The van der Waals surface area contributed by atoms with E-state index in [1.807, 2.05) is 18.2 Å². The van der Waals surface area contributed by atoms with Gasteiger partial charge in [-0.1, -0.05) is 30.3 Å². The maximum Gasteiger partial charge on any atom is 0.258 e. The average Bonchev–Trinajstić information content (AvgIpc) is 2.59. The van der Waals surface area contributed by atoms with Crippen molar-refractivity contribution in [3.8, 4) is 11.5 Å². The molecule has 0 atom stereocenters. The van der Waals surface area contributed by atoms with Gasteiger partial charge in [-0.05, 0) is 18.1 Å². The smallest absolute Gasteiger partial charge is 0.258 e. The van der Waals surface area contributed by atoms with E-state index >= 15 is 0 Å². The Labute approximate surface area is 133 Å². The number of hydrogen-bond acceptors (Lipinski definition) is 4. The Balaban J connectivity index is 1.95. The third-order valence-corrected chi connectivity index (χ3v) is 3.75. The monoisotopic (exact) mass is 310 g/mol. The second-order valence-electron chi connectivity index (χ2n) is 5.22. The predicted molar refractivity (Wildman–Crippen MR) is 89.3 cm³/mol. The molecule has 2 aromatic carbocycles. The molecule has 0 aliphatic heterocycles. The van der Waals surface area contributed by atoms with Gasteiger partial charge in [0.15, 0.2) is 11.5 Å². The molecule has 0 aliphatic rings. The van der Waals surface area contributed by atoms with Gasteiger partial charge >= 0.3 is 0 Å². The molecular weight excluding hydrogens is 292 g/mol. The molecule has 0 aliphatic carbocycles. The number of nitrogens with zero attached hydrogens (tertiary/aromatic N) is 1. The van der Waals surface area contributed by atoms with E-state index in [2.05, 4.69) is 22.1 Å². The predicted octanol–water partition coefficient (Wildman–Crippen LogP) is 2.73. The average molecular weight is 310 g/mol. The van der Waals surface area contributed by atoms with Gasteiger partial charge in [0.05, 0.1) is 25.1 Å². The highest BCUT2D eigenvalue weighted by Crippen LogP contribution is 2.29. The molecule has 118 valence electrons. The topological polar surface area (TPSA) is 64.2 Å². The Kier molecular flexibility index (Phi) is 4.28. The van der Waals surface area contributed by atoms with Crippen LogP contribution < -0.4 is 15.0 Å².